The van der Waals surface area contributed by atoms with Crippen LogP contribution in [0.3, 0.4) is 0 Å². The molecule has 0 spiro atoms. The van der Waals surface area contributed by atoms with E-state index in [9.17, 15) is 0 Å². The molecule has 7 aromatic carbocycles. The van der Waals surface area contributed by atoms with Gasteiger partial charge in [-0.2, -0.15) is 0 Å². The second-order valence-electron chi connectivity index (χ2n) is 11.5. The molecule has 3 heteroatoms. The van der Waals surface area contributed by atoms with Gasteiger partial charge in [0, 0.05) is 0 Å². The van der Waals surface area contributed by atoms with E-state index in [1.165, 1.54) is 0 Å². The van der Waals surface area contributed by atoms with Crippen LogP contribution in [0, 0.1) is 0 Å². The molecule has 0 radical (unpaired) electrons. The first-order valence-electron chi connectivity index (χ1n) is 15.4. The molecule has 1 aliphatic rings. The molecule has 1 heterocycles. The van der Waals surface area contributed by atoms with Gasteiger partial charge in [0.1, 0.15) is 0 Å². The molecule has 0 aliphatic carbocycles. The molecular formula is C42H32NOP. The summed E-state index contributed by atoms with van der Waals surface area (Å²) in [5, 5.41) is 4.93. The van der Waals surface area contributed by atoms with E-state index in [1.807, 2.05) is 0 Å². The summed E-state index contributed by atoms with van der Waals surface area (Å²) in [5.41, 5.74) is 3.19. The molecule has 0 saturated carbocycles. The zero-order valence-corrected chi connectivity index (χ0v) is 25.7. The number of nitrogens with zero attached hydrogens (tertiary/aromatic N) is 1. The monoisotopic (exact) mass is 597 g/mol. The maximum absolute atomic E-state index is 7.83. The van der Waals surface area contributed by atoms with E-state index in [1.54, 1.807) is 0 Å². The van der Waals surface area contributed by atoms with Crippen LogP contribution in [0.25, 0.3) is 10.8 Å². The number of benzene rings is 7. The fourth-order valence-electron chi connectivity index (χ4n) is 7.56. The molecular weight excluding hydrogens is 565 g/mol. The summed E-state index contributed by atoms with van der Waals surface area (Å²) in [6.07, 6.45) is 0. The fraction of sp³-hybridized carbons (Fsp3) is 0.0238. The van der Waals surface area contributed by atoms with Gasteiger partial charge in [0.05, 0.1) is 0 Å². The molecule has 0 aromatic heterocycles. The molecule has 1 aliphatic heterocycles. The van der Waals surface area contributed by atoms with Crippen LogP contribution in [0.15, 0.2) is 199 Å². The van der Waals surface area contributed by atoms with Crippen molar-refractivity contribution in [1.29, 1.82) is 0 Å². The molecule has 8 rings (SSSR count). The van der Waals surface area contributed by atoms with Crippen molar-refractivity contribution in [2.45, 2.75) is 5.16 Å². The van der Waals surface area contributed by atoms with Gasteiger partial charge in [-0.05, 0) is 0 Å². The molecule has 2 nitrogen and oxygen atoms in total. The molecule has 45 heavy (non-hydrogen) atoms. The third-order valence-corrected chi connectivity index (χ3v) is 15.7. The first kappa shape index (κ1) is 27.3. The van der Waals surface area contributed by atoms with Crippen LogP contribution >= 0.6 is 6.83 Å². The van der Waals surface area contributed by atoms with E-state index >= 15 is 0 Å². The Bertz CT molecular complexity index is 1990. The summed E-state index contributed by atoms with van der Waals surface area (Å²) in [6, 6.07) is 69.1. The number of hydrogen-bond acceptors (Lipinski definition) is 2. The summed E-state index contributed by atoms with van der Waals surface area (Å²) < 4.78 is 7.83. The molecule has 0 atom stereocenters. The molecule has 0 bridgehead atoms. The minimum absolute atomic E-state index is 0.700. The standard InChI is InChI=1S/C42H32NOP/c1-6-21-34(22-7-1)42(35-23-8-2-9-24-35)41(43-40-32-18-20-33-19-16-17-31-39(33)40)44-45(42,36-25-10-3-11-26-36,37-27-12-4-13-28-37)38-29-14-5-15-30-38/h1-32H. The summed E-state index contributed by atoms with van der Waals surface area (Å²) in [4.78, 5) is 5.54. The van der Waals surface area contributed by atoms with Crippen LogP contribution in [0.1, 0.15) is 11.1 Å². The summed E-state index contributed by atoms with van der Waals surface area (Å²) >= 11 is 0. The van der Waals surface area contributed by atoms with Crippen LogP contribution in [-0.4, -0.2) is 5.90 Å². The Morgan fingerprint density at radius 3 is 1.29 bits per heavy atom. The van der Waals surface area contributed by atoms with Gasteiger partial charge >= 0.3 is 265 Å². The van der Waals surface area contributed by atoms with Gasteiger partial charge in [0.25, 0.3) is 0 Å². The van der Waals surface area contributed by atoms with Crippen molar-refractivity contribution in [2.24, 2.45) is 4.99 Å². The summed E-state index contributed by atoms with van der Waals surface area (Å²) in [7, 11) is 0. The molecule has 7 aromatic rings. The van der Waals surface area contributed by atoms with Crippen LogP contribution in [0.4, 0.5) is 5.69 Å². The first-order valence-corrected chi connectivity index (χ1v) is 17.5. The Hall–Kier alpha value is -5.30. The predicted octanol–water partition coefficient (Wildman–Crippen LogP) is 9.29. The van der Waals surface area contributed by atoms with Crippen molar-refractivity contribution >= 4 is 45.1 Å². The Kier molecular flexibility index (Phi) is 6.48. The van der Waals surface area contributed by atoms with Crippen LogP contribution < -0.4 is 15.9 Å². The second-order valence-corrected chi connectivity index (χ2v) is 16.0. The van der Waals surface area contributed by atoms with E-state index in [4.69, 9.17) is 9.52 Å². The molecule has 216 valence electrons. The average Bonchev–Trinajstić information content (AvgIpc) is 3.12. The minimum atomic E-state index is -3.94. The van der Waals surface area contributed by atoms with E-state index in [0.717, 1.165) is 43.5 Å². The molecule has 0 amide bonds. The third kappa shape index (κ3) is 3.64. The van der Waals surface area contributed by atoms with Gasteiger partial charge < -0.3 is 0 Å². The Labute approximate surface area is 264 Å². The van der Waals surface area contributed by atoms with Crippen molar-refractivity contribution in [3.63, 3.8) is 0 Å². The van der Waals surface area contributed by atoms with Crippen LogP contribution in [0.5, 0.6) is 0 Å². The van der Waals surface area contributed by atoms with Gasteiger partial charge in [0.2, 0.25) is 0 Å². The molecule has 0 unspecified atom stereocenters. The SMILES string of the molecule is c1ccc(C2(c3ccccc3)C(=Nc3cccc4ccccc34)OP2(c2ccccc2)(c2ccccc2)c2ccccc2)cc1. The second kappa shape index (κ2) is 10.7. The van der Waals surface area contributed by atoms with Gasteiger partial charge in [-0.3, -0.25) is 0 Å². The van der Waals surface area contributed by atoms with Crippen molar-refractivity contribution in [2.75, 3.05) is 0 Å². The Morgan fingerprint density at radius 2 is 0.800 bits per heavy atom. The van der Waals surface area contributed by atoms with Gasteiger partial charge in [-0.15, -0.1) is 0 Å². The molecule has 1 saturated heterocycles. The first-order chi connectivity index (χ1) is 22.3. The van der Waals surface area contributed by atoms with Gasteiger partial charge in [0.15, 0.2) is 0 Å². The van der Waals surface area contributed by atoms with E-state index in [0.29, 0.717) is 5.90 Å². The van der Waals surface area contributed by atoms with E-state index in [2.05, 4.69) is 194 Å². The fourth-order valence-corrected chi connectivity index (χ4v) is 14.4. The van der Waals surface area contributed by atoms with Gasteiger partial charge in [-0.25, -0.2) is 0 Å². The summed E-state index contributed by atoms with van der Waals surface area (Å²) in [6.45, 7) is -3.94. The van der Waals surface area contributed by atoms with Crippen molar-refractivity contribution in [3.05, 3.63) is 205 Å². The zero-order valence-electron chi connectivity index (χ0n) is 24.8. The Morgan fingerprint density at radius 1 is 0.400 bits per heavy atom. The topological polar surface area (TPSA) is 21.6 Å². The number of rotatable bonds is 6. The average molecular weight is 598 g/mol. The number of aliphatic imine (C=N–C) groups is 1. The molecule has 0 N–H and O–H groups in total. The van der Waals surface area contributed by atoms with E-state index < -0.39 is 12.0 Å². The summed E-state index contributed by atoms with van der Waals surface area (Å²) in [5.74, 6) is 0.700. The number of fused-ring (bicyclic) bond motifs is 1. The van der Waals surface area contributed by atoms with Crippen molar-refractivity contribution in [3.8, 4) is 0 Å². The molecule has 1 fully saturated rings. The third-order valence-electron chi connectivity index (χ3n) is 9.34. The number of hydrogen-bond donors (Lipinski definition) is 0. The quantitative estimate of drug-likeness (QED) is 0.175. The van der Waals surface area contributed by atoms with Crippen molar-refractivity contribution < 1.29 is 4.52 Å². The maximum atomic E-state index is 7.83. The Balaban J connectivity index is 1.63. The van der Waals surface area contributed by atoms with E-state index in [-0.39, 0.29) is 0 Å². The zero-order chi connectivity index (χ0) is 30.2. The van der Waals surface area contributed by atoms with Crippen molar-refractivity contribution in [1.82, 2.24) is 0 Å². The van der Waals surface area contributed by atoms with Crippen LogP contribution in [0.2, 0.25) is 0 Å². The predicted molar refractivity (Wildman–Crippen MR) is 191 cm³/mol. The van der Waals surface area contributed by atoms with Crippen LogP contribution in [-0.2, 0) is 9.68 Å². The normalized spacial score (nSPS) is 17.8. The van der Waals surface area contributed by atoms with Gasteiger partial charge in [-0.1, -0.05) is 0 Å².